The number of thiazole rings is 1. The van der Waals surface area contributed by atoms with Gasteiger partial charge in [-0.15, -0.1) is 11.3 Å². The van der Waals surface area contributed by atoms with E-state index in [1.165, 1.54) is 12.1 Å². The summed E-state index contributed by atoms with van der Waals surface area (Å²) in [5.41, 5.74) is 1.37. The molecule has 0 amide bonds. The summed E-state index contributed by atoms with van der Waals surface area (Å²) in [7, 11) is 0. The lowest BCUT2D eigenvalue weighted by Crippen LogP contribution is -1.99. The van der Waals surface area contributed by atoms with Gasteiger partial charge in [-0.05, 0) is 13.0 Å². The number of benzene rings is 1. The molecule has 1 aromatic carbocycles. The van der Waals surface area contributed by atoms with Crippen LogP contribution in [0.25, 0.3) is 11.0 Å². The van der Waals surface area contributed by atoms with Gasteiger partial charge in [-0.1, -0.05) is 0 Å². The van der Waals surface area contributed by atoms with Gasteiger partial charge in [-0.3, -0.25) is 10.1 Å². The monoisotopic (exact) mass is 289 g/mol. The smallest absolute Gasteiger partial charge is 0.271 e. The number of nitrogens with zero attached hydrogens (tertiary/aromatic N) is 3. The molecule has 2 heterocycles. The molecule has 0 fully saturated rings. The molecule has 2 aromatic heterocycles. The summed E-state index contributed by atoms with van der Waals surface area (Å²) in [5.74, 6) is 0.577. The summed E-state index contributed by atoms with van der Waals surface area (Å²) in [6.45, 7) is 2.57. The minimum absolute atomic E-state index is 0.0447. The number of hydrogen-bond donors (Lipinski definition) is 2. The number of non-ortho nitro benzene ring substituents is 1. The molecule has 8 heteroatoms. The number of H-pyrrole nitrogens is 1. The minimum Gasteiger partial charge on any atom is -0.349 e. The first kappa shape index (κ1) is 12.5. The maximum Gasteiger partial charge on any atom is 0.271 e. The number of rotatable bonds is 4. The van der Waals surface area contributed by atoms with Crippen molar-refractivity contribution in [2.45, 2.75) is 13.5 Å². The van der Waals surface area contributed by atoms with Crippen LogP contribution >= 0.6 is 11.3 Å². The Hall–Kier alpha value is -2.48. The van der Waals surface area contributed by atoms with Gasteiger partial charge in [0.1, 0.15) is 5.01 Å². The van der Waals surface area contributed by atoms with Gasteiger partial charge >= 0.3 is 0 Å². The number of aromatic nitrogens is 3. The van der Waals surface area contributed by atoms with E-state index in [2.05, 4.69) is 20.3 Å². The summed E-state index contributed by atoms with van der Waals surface area (Å²) in [6, 6.07) is 4.54. The molecule has 3 rings (SSSR count). The quantitative estimate of drug-likeness (QED) is 0.568. The van der Waals surface area contributed by atoms with E-state index in [9.17, 15) is 10.1 Å². The molecule has 0 aliphatic rings. The van der Waals surface area contributed by atoms with Gasteiger partial charge in [0.2, 0.25) is 5.95 Å². The number of aryl methyl sites for hydroxylation is 1. The SMILES string of the molecule is Cc1cnc(CNc2nc3ccc([N+](=O)[O-])cc3[nH]2)s1. The van der Waals surface area contributed by atoms with Crippen LogP contribution in [0.5, 0.6) is 0 Å². The molecule has 2 N–H and O–H groups in total. The van der Waals surface area contributed by atoms with Crippen molar-refractivity contribution < 1.29 is 4.92 Å². The van der Waals surface area contributed by atoms with Crippen LogP contribution < -0.4 is 5.32 Å². The summed E-state index contributed by atoms with van der Waals surface area (Å²) in [5, 5.41) is 14.8. The highest BCUT2D eigenvalue weighted by Gasteiger charge is 2.09. The Bertz CT molecular complexity index is 779. The van der Waals surface area contributed by atoms with Crippen molar-refractivity contribution in [2.75, 3.05) is 5.32 Å². The Balaban J connectivity index is 1.80. The maximum atomic E-state index is 10.7. The highest BCUT2D eigenvalue weighted by Crippen LogP contribution is 2.21. The fourth-order valence-corrected chi connectivity index (χ4v) is 2.56. The molecule has 0 saturated carbocycles. The van der Waals surface area contributed by atoms with Crippen LogP contribution in [0.4, 0.5) is 11.6 Å². The Morgan fingerprint density at radius 3 is 3.05 bits per heavy atom. The second kappa shape index (κ2) is 4.89. The fraction of sp³-hybridized carbons (Fsp3) is 0.167. The van der Waals surface area contributed by atoms with Gasteiger partial charge in [0.05, 0.1) is 22.5 Å². The van der Waals surface area contributed by atoms with Crippen LogP contribution in [-0.2, 0) is 6.54 Å². The average molecular weight is 289 g/mol. The van der Waals surface area contributed by atoms with E-state index in [-0.39, 0.29) is 5.69 Å². The van der Waals surface area contributed by atoms with E-state index in [0.29, 0.717) is 23.5 Å². The van der Waals surface area contributed by atoms with Crippen molar-refractivity contribution in [1.29, 1.82) is 0 Å². The summed E-state index contributed by atoms with van der Waals surface area (Å²) in [4.78, 5) is 23.0. The fourth-order valence-electron chi connectivity index (χ4n) is 1.84. The van der Waals surface area contributed by atoms with E-state index < -0.39 is 4.92 Å². The van der Waals surface area contributed by atoms with Crippen LogP contribution in [-0.4, -0.2) is 19.9 Å². The molecule has 3 aromatic rings. The third-order valence-corrected chi connectivity index (χ3v) is 3.67. The summed E-state index contributed by atoms with van der Waals surface area (Å²) < 4.78 is 0. The molecule has 0 unspecified atom stereocenters. The number of aromatic amines is 1. The predicted molar refractivity (Wildman–Crippen MR) is 76.9 cm³/mol. The third kappa shape index (κ3) is 2.45. The number of nitro benzene ring substituents is 1. The van der Waals surface area contributed by atoms with Gasteiger partial charge < -0.3 is 10.3 Å². The van der Waals surface area contributed by atoms with Crippen LogP contribution in [0.15, 0.2) is 24.4 Å². The molecular weight excluding hydrogens is 278 g/mol. The molecule has 0 radical (unpaired) electrons. The zero-order valence-electron chi connectivity index (χ0n) is 10.6. The third-order valence-electron chi connectivity index (χ3n) is 2.75. The molecule has 0 atom stereocenters. The van der Waals surface area contributed by atoms with E-state index >= 15 is 0 Å². The van der Waals surface area contributed by atoms with Crippen molar-refractivity contribution in [3.63, 3.8) is 0 Å². The van der Waals surface area contributed by atoms with E-state index in [4.69, 9.17) is 0 Å². The number of nitro groups is 1. The van der Waals surface area contributed by atoms with Crippen LogP contribution in [0, 0.1) is 17.0 Å². The van der Waals surface area contributed by atoms with Crippen molar-refractivity contribution in [1.82, 2.24) is 15.0 Å². The van der Waals surface area contributed by atoms with Crippen molar-refractivity contribution in [3.05, 3.63) is 44.4 Å². The predicted octanol–water partition coefficient (Wildman–Crippen LogP) is 2.85. The van der Waals surface area contributed by atoms with Crippen molar-refractivity contribution in [2.24, 2.45) is 0 Å². The number of hydrogen-bond acceptors (Lipinski definition) is 6. The topological polar surface area (TPSA) is 96.7 Å². The lowest BCUT2D eigenvalue weighted by atomic mass is 10.3. The second-order valence-electron chi connectivity index (χ2n) is 4.26. The van der Waals surface area contributed by atoms with Crippen molar-refractivity contribution in [3.8, 4) is 0 Å². The molecule has 20 heavy (non-hydrogen) atoms. The summed E-state index contributed by atoms with van der Waals surface area (Å²) in [6.07, 6.45) is 1.82. The first-order valence-corrected chi connectivity index (χ1v) is 6.73. The number of fused-ring (bicyclic) bond motifs is 1. The highest BCUT2D eigenvalue weighted by atomic mass is 32.1. The standard InChI is InChI=1S/C12H11N5O2S/c1-7-5-13-11(20-7)6-14-12-15-9-3-2-8(17(18)19)4-10(9)16-12/h2-5H,6H2,1H3,(H2,14,15,16). The molecular formula is C12H11N5O2S. The maximum absolute atomic E-state index is 10.7. The highest BCUT2D eigenvalue weighted by molar-refractivity contribution is 7.11. The lowest BCUT2D eigenvalue weighted by Gasteiger charge is -1.97. The number of nitrogens with one attached hydrogen (secondary N) is 2. The molecule has 102 valence electrons. The molecule has 0 saturated heterocycles. The normalized spacial score (nSPS) is 10.8. The largest absolute Gasteiger partial charge is 0.349 e. The zero-order chi connectivity index (χ0) is 14.1. The summed E-state index contributed by atoms with van der Waals surface area (Å²) >= 11 is 1.62. The van der Waals surface area contributed by atoms with Crippen LogP contribution in [0.2, 0.25) is 0 Å². The Kier molecular flexibility index (Phi) is 3.07. The first-order chi connectivity index (χ1) is 9.61. The van der Waals surface area contributed by atoms with Gasteiger partial charge in [-0.25, -0.2) is 9.97 Å². The average Bonchev–Trinajstić information content (AvgIpc) is 3.00. The van der Waals surface area contributed by atoms with Gasteiger partial charge in [0.25, 0.3) is 5.69 Å². The molecule has 0 aliphatic carbocycles. The van der Waals surface area contributed by atoms with Crippen molar-refractivity contribution >= 4 is 34.0 Å². The van der Waals surface area contributed by atoms with E-state index in [1.807, 2.05) is 13.1 Å². The molecule has 0 spiro atoms. The van der Waals surface area contributed by atoms with Gasteiger partial charge in [0.15, 0.2) is 0 Å². The zero-order valence-corrected chi connectivity index (χ0v) is 11.4. The minimum atomic E-state index is -0.425. The Labute approximate surface area is 117 Å². The second-order valence-corrected chi connectivity index (χ2v) is 5.58. The van der Waals surface area contributed by atoms with E-state index in [0.717, 1.165) is 9.88 Å². The lowest BCUT2D eigenvalue weighted by molar-refractivity contribution is -0.384. The van der Waals surface area contributed by atoms with Crippen LogP contribution in [0.1, 0.15) is 9.88 Å². The Morgan fingerprint density at radius 1 is 1.50 bits per heavy atom. The number of anilines is 1. The van der Waals surface area contributed by atoms with E-state index in [1.54, 1.807) is 17.4 Å². The number of imidazole rings is 1. The molecule has 0 aliphatic heterocycles. The molecule has 0 bridgehead atoms. The van der Waals surface area contributed by atoms with Crippen LogP contribution in [0.3, 0.4) is 0 Å². The molecule has 7 nitrogen and oxygen atoms in total. The first-order valence-electron chi connectivity index (χ1n) is 5.91. The van der Waals surface area contributed by atoms with Gasteiger partial charge in [0, 0.05) is 23.2 Å². The Morgan fingerprint density at radius 2 is 2.35 bits per heavy atom. The van der Waals surface area contributed by atoms with Gasteiger partial charge in [-0.2, -0.15) is 0 Å².